The van der Waals surface area contributed by atoms with Crippen molar-refractivity contribution in [3.05, 3.63) is 46.2 Å². The molecule has 0 aliphatic heterocycles. The van der Waals surface area contributed by atoms with Crippen LogP contribution in [0.1, 0.15) is 9.75 Å². The summed E-state index contributed by atoms with van der Waals surface area (Å²) in [5, 5.41) is 0. The lowest BCUT2D eigenvalue weighted by atomic mass is 10.1. The van der Waals surface area contributed by atoms with Crippen LogP contribution in [0.2, 0.25) is 0 Å². The van der Waals surface area contributed by atoms with Crippen LogP contribution in [0.3, 0.4) is 0 Å². The van der Waals surface area contributed by atoms with Gasteiger partial charge < -0.3 is 4.74 Å². The fourth-order valence-electron chi connectivity index (χ4n) is 1.66. The first-order valence-corrected chi connectivity index (χ1v) is 5.76. The van der Waals surface area contributed by atoms with Crippen molar-refractivity contribution in [3.63, 3.8) is 0 Å². The van der Waals surface area contributed by atoms with E-state index in [0.29, 0.717) is 6.61 Å². The third kappa shape index (κ3) is 2.28. The fourth-order valence-corrected chi connectivity index (χ4v) is 2.69. The zero-order valence-corrected chi connectivity index (χ0v) is 9.80. The monoisotopic (exact) mass is 218 g/mol. The van der Waals surface area contributed by atoms with Crippen molar-refractivity contribution < 1.29 is 4.74 Å². The maximum Gasteiger partial charge on any atom is 0.0811 e. The van der Waals surface area contributed by atoms with Gasteiger partial charge in [0.25, 0.3) is 0 Å². The number of thiophene rings is 1. The smallest absolute Gasteiger partial charge is 0.0811 e. The summed E-state index contributed by atoms with van der Waals surface area (Å²) in [6.07, 6.45) is 0. The van der Waals surface area contributed by atoms with Crippen LogP contribution < -0.4 is 0 Å². The Labute approximate surface area is 94.3 Å². The highest BCUT2D eigenvalue weighted by atomic mass is 32.1. The number of rotatable bonds is 3. The minimum atomic E-state index is 0.697. The van der Waals surface area contributed by atoms with Crippen molar-refractivity contribution in [2.45, 2.75) is 13.5 Å². The summed E-state index contributed by atoms with van der Waals surface area (Å²) in [6.45, 7) is 2.83. The Morgan fingerprint density at radius 3 is 2.60 bits per heavy atom. The molecule has 2 aromatic rings. The van der Waals surface area contributed by atoms with Crippen molar-refractivity contribution in [1.29, 1.82) is 0 Å². The molecule has 2 heteroatoms. The molecule has 15 heavy (non-hydrogen) atoms. The molecular weight excluding hydrogens is 204 g/mol. The van der Waals surface area contributed by atoms with Gasteiger partial charge in [0.1, 0.15) is 0 Å². The van der Waals surface area contributed by atoms with Gasteiger partial charge in [0, 0.05) is 16.9 Å². The second kappa shape index (κ2) is 4.60. The van der Waals surface area contributed by atoms with Crippen LogP contribution >= 0.6 is 11.3 Å². The largest absolute Gasteiger partial charge is 0.379 e. The van der Waals surface area contributed by atoms with Gasteiger partial charge in [-0.25, -0.2) is 0 Å². The summed E-state index contributed by atoms with van der Waals surface area (Å²) in [5.74, 6) is 0. The molecule has 0 radical (unpaired) electrons. The van der Waals surface area contributed by atoms with Crippen molar-refractivity contribution in [1.82, 2.24) is 0 Å². The molecule has 0 bridgehead atoms. The highest BCUT2D eigenvalue weighted by Gasteiger charge is 2.08. The maximum atomic E-state index is 5.21. The average molecular weight is 218 g/mol. The lowest BCUT2D eigenvalue weighted by molar-refractivity contribution is 0.188. The van der Waals surface area contributed by atoms with E-state index in [2.05, 4.69) is 37.3 Å². The number of ether oxygens (including phenoxy) is 1. The van der Waals surface area contributed by atoms with Crippen molar-refractivity contribution in [2.24, 2.45) is 0 Å². The predicted molar refractivity (Wildman–Crippen MR) is 65.2 cm³/mol. The first-order chi connectivity index (χ1) is 7.31. The van der Waals surface area contributed by atoms with Crippen LogP contribution in [-0.4, -0.2) is 7.11 Å². The summed E-state index contributed by atoms with van der Waals surface area (Å²) in [5.41, 5.74) is 2.58. The van der Waals surface area contributed by atoms with E-state index in [0.717, 1.165) is 0 Å². The van der Waals surface area contributed by atoms with Crippen molar-refractivity contribution >= 4 is 11.3 Å². The van der Waals surface area contributed by atoms with Crippen molar-refractivity contribution in [2.75, 3.05) is 7.11 Å². The van der Waals surface area contributed by atoms with Gasteiger partial charge in [0.2, 0.25) is 0 Å². The molecule has 1 aromatic carbocycles. The third-order valence-electron chi connectivity index (χ3n) is 2.29. The Bertz CT molecular complexity index is 431. The molecule has 0 aliphatic rings. The molecule has 0 atom stereocenters. The van der Waals surface area contributed by atoms with Crippen LogP contribution in [0.25, 0.3) is 11.1 Å². The van der Waals surface area contributed by atoms with Crippen LogP contribution in [0.4, 0.5) is 0 Å². The predicted octanol–water partition coefficient (Wildman–Crippen LogP) is 3.87. The Morgan fingerprint density at radius 1 is 1.20 bits per heavy atom. The number of hydrogen-bond acceptors (Lipinski definition) is 2. The fraction of sp³-hybridized carbons (Fsp3) is 0.231. The number of hydrogen-bond donors (Lipinski definition) is 0. The van der Waals surface area contributed by atoms with Crippen LogP contribution in [-0.2, 0) is 11.3 Å². The molecule has 1 heterocycles. The molecule has 0 fully saturated rings. The third-order valence-corrected chi connectivity index (χ3v) is 3.32. The molecule has 2 rings (SSSR count). The van der Waals surface area contributed by atoms with Crippen LogP contribution in [0.15, 0.2) is 36.4 Å². The highest BCUT2D eigenvalue weighted by Crippen LogP contribution is 2.31. The summed E-state index contributed by atoms with van der Waals surface area (Å²) in [4.78, 5) is 2.64. The SMILES string of the molecule is COCc1sc(C)cc1-c1ccccc1. The normalized spacial score (nSPS) is 10.5. The zero-order valence-electron chi connectivity index (χ0n) is 8.99. The standard InChI is InChI=1S/C13H14OS/c1-10-8-12(13(15-10)9-14-2)11-6-4-3-5-7-11/h3-8H,9H2,1-2H3. The second-order valence-electron chi connectivity index (χ2n) is 3.49. The summed E-state index contributed by atoms with van der Waals surface area (Å²) < 4.78 is 5.21. The van der Waals surface area contributed by atoms with Gasteiger partial charge in [-0.05, 0) is 24.1 Å². The Kier molecular flexibility index (Phi) is 3.19. The van der Waals surface area contributed by atoms with E-state index in [-0.39, 0.29) is 0 Å². The Hall–Kier alpha value is -1.12. The topological polar surface area (TPSA) is 9.23 Å². The molecule has 0 spiro atoms. The number of benzene rings is 1. The van der Waals surface area contributed by atoms with E-state index in [1.165, 1.54) is 20.9 Å². The van der Waals surface area contributed by atoms with E-state index in [4.69, 9.17) is 4.74 Å². The quantitative estimate of drug-likeness (QED) is 0.760. The van der Waals surface area contributed by atoms with Gasteiger partial charge in [-0.3, -0.25) is 0 Å². The number of methoxy groups -OCH3 is 1. The summed E-state index contributed by atoms with van der Waals surface area (Å²) in [6, 6.07) is 12.7. The lowest BCUT2D eigenvalue weighted by Crippen LogP contribution is -1.85. The molecule has 1 nitrogen and oxygen atoms in total. The Balaban J connectivity index is 2.43. The molecule has 0 amide bonds. The maximum absolute atomic E-state index is 5.21. The molecule has 78 valence electrons. The average Bonchev–Trinajstić information content (AvgIpc) is 2.62. The highest BCUT2D eigenvalue weighted by molar-refractivity contribution is 7.12. The van der Waals surface area contributed by atoms with Gasteiger partial charge in [-0.15, -0.1) is 11.3 Å². The van der Waals surface area contributed by atoms with Gasteiger partial charge in [-0.2, -0.15) is 0 Å². The first-order valence-electron chi connectivity index (χ1n) is 4.95. The van der Waals surface area contributed by atoms with E-state index in [1.54, 1.807) is 7.11 Å². The minimum Gasteiger partial charge on any atom is -0.379 e. The van der Waals surface area contributed by atoms with E-state index in [9.17, 15) is 0 Å². The number of aryl methyl sites for hydroxylation is 1. The molecule has 0 saturated carbocycles. The Morgan fingerprint density at radius 2 is 1.93 bits per heavy atom. The molecule has 0 unspecified atom stereocenters. The zero-order chi connectivity index (χ0) is 10.7. The first kappa shape index (κ1) is 10.4. The van der Waals surface area contributed by atoms with Gasteiger partial charge >= 0.3 is 0 Å². The van der Waals surface area contributed by atoms with E-state index < -0.39 is 0 Å². The summed E-state index contributed by atoms with van der Waals surface area (Å²) >= 11 is 1.81. The molecular formula is C13H14OS. The van der Waals surface area contributed by atoms with Gasteiger partial charge in [-0.1, -0.05) is 30.3 Å². The van der Waals surface area contributed by atoms with E-state index in [1.807, 2.05) is 17.4 Å². The molecule has 0 saturated heterocycles. The minimum absolute atomic E-state index is 0.697. The summed E-state index contributed by atoms with van der Waals surface area (Å²) in [7, 11) is 1.74. The molecule has 1 aromatic heterocycles. The molecule has 0 aliphatic carbocycles. The van der Waals surface area contributed by atoms with E-state index >= 15 is 0 Å². The molecule has 0 N–H and O–H groups in total. The lowest BCUT2D eigenvalue weighted by Gasteiger charge is -2.02. The van der Waals surface area contributed by atoms with Gasteiger partial charge in [0.05, 0.1) is 6.61 Å². The van der Waals surface area contributed by atoms with Gasteiger partial charge in [0.15, 0.2) is 0 Å². The second-order valence-corrected chi connectivity index (χ2v) is 4.83. The van der Waals surface area contributed by atoms with Crippen molar-refractivity contribution in [3.8, 4) is 11.1 Å². The van der Waals surface area contributed by atoms with Crippen LogP contribution in [0.5, 0.6) is 0 Å². The van der Waals surface area contributed by atoms with Crippen LogP contribution in [0, 0.1) is 6.92 Å².